The molecule has 0 spiro atoms. The van der Waals surface area contributed by atoms with Crippen LogP contribution in [0.4, 0.5) is 8.78 Å². The van der Waals surface area contributed by atoms with Crippen molar-refractivity contribution in [2.24, 2.45) is 0 Å². The molecule has 0 amide bonds. The summed E-state index contributed by atoms with van der Waals surface area (Å²) in [6.07, 6.45) is 3.02. The van der Waals surface area contributed by atoms with E-state index < -0.39 is 21.7 Å². The van der Waals surface area contributed by atoms with Crippen molar-refractivity contribution in [1.29, 1.82) is 0 Å². The van der Waals surface area contributed by atoms with Crippen LogP contribution in [0.25, 0.3) is 0 Å². The third-order valence-electron chi connectivity index (χ3n) is 3.49. The minimum atomic E-state index is -3.84. The Morgan fingerprint density at radius 1 is 1.30 bits per heavy atom. The van der Waals surface area contributed by atoms with Crippen molar-refractivity contribution in [3.05, 3.63) is 29.8 Å². The molecule has 0 saturated carbocycles. The van der Waals surface area contributed by atoms with E-state index in [4.69, 9.17) is 0 Å². The van der Waals surface area contributed by atoms with E-state index in [0.29, 0.717) is 6.07 Å². The first-order chi connectivity index (χ1) is 9.40. The molecule has 1 fully saturated rings. The van der Waals surface area contributed by atoms with E-state index in [1.165, 1.54) is 0 Å². The highest BCUT2D eigenvalue weighted by Gasteiger charge is 2.25. The highest BCUT2D eigenvalue weighted by molar-refractivity contribution is 7.89. The maximum Gasteiger partial charge on any atom is 0.240 e. The molecule has 1 heterocycles. The van der Waals surface area contributed by atoms with Gasteiger partial charge >= 0.3 is 0 Å². The van der Waals surface area contributed by atoms with Crippen molar-refractivity contribution in [1.82, 2.24) is 10.0 Å². The Morgan fingerprint density at radius 2 is 2.05 bits per heavy atom. The summed E-state index contributed by atoms with van der Waals surface area (Å²) in [5.74, 6) is -2.23. The Morgan fingerprint density at radius 3 is 2.65 bits per heavy atom. The molecule has 1 saturated heterocycles. The van der Waals surface area contributed by atoms with Crippen molar-refractivity contribution in [2.75, 3.05) is 6.54 Å². The van der Waals surface area contributed by atoms with Gasteiger partial charge in [-0.25, -0.2) is 21.9 Å². The second-order valence-electron chi connectivity index (χ2n) is 5.04. The predicted molar refractivity (Wildman–Crippen MR) is 71.8 cm³/mol. The van der Waals surface area contributed by atoms with Crippen LogP contribution in [-0.4, -0.2) is 27.0 Å². The number of rotatable bonds is 4. The van der Waals surface area contributed by atoms with Gasteiger partial charge in [0.1, 0.15) is 0 Å². The largest absolute Gasteiger partial charge is 0.312 e. The van der Waals surface area contributed by atoms with Crippen LogP contribution in [0.3, 0.4) is 0 Å². The maximum absolute atomic E-state index is 13.1. The molecule has 0 aliphatic carbocycles. The van der Waals surface area contributed by atoms with Crippen molar-refractivity contribution in [2.45, 2.75) is 43.2 Å². The van der Waals surface area contributed by atoms with Crippen LogP contribution in [0.5, 0.6) is 0 Å². The molecular formula is C13H18F2N2O2S. The van der Waals surface area contributed by atoms with Gasteiger partial charge in [-0.15, -0.1) is 0 Å². The standard InChI is InChI=1S/C13H18F2N2O2S/c1-9(13-4-2-3-7-16-13)17-20(18,19)10-5-6-11(14)12(15)8-10/h5-6,8-9,13,16-17H,2-4,7H2,1H3. The summed E-state index contributed by atoms with van der Waals surface area (Å²) in [5.41, 5.74) is 0. The molecule has 0 aromatic heterocycles. The molecule has 1 aromatic carbocycles. The first-order valence-corrected chi connectivity index (χ1v) is 8.09. The van der Waals surface area contributed by atoms with Crippen LogP contribution in [0.2, 0.25) is 0 Å². The van der Waals surface area contributed by atoms with Crippen LogP contribution in [0.1, 0.15) is 26.2 Å². The molecule has 4 nitrogen and oxygen atoms in total. The SMILES string of the molecule is CC(NS(=O)(=O)c1ccc(F)c(F)c1)C1CCCCN1. The molecule has 7 heteroatoms. The Bertz CT molecular complexity index is 572. The second kappa shape index (κ2) is 6.15. The number of piperidine rings is 1. The minimum absolute atomic E-state index is 0.0591. The summed E-state index contributed by atoms with van der Waals surface area (Å²) >= 11 is 0. The van der Waals surface area contributed by atoms with Gasteiger partial charge in [0.2, 0.25) is 10.0 Å². The Hall–Kier alpha value is -1.05. The Kier molecular flexibility index (Phi) is 4.72. The lowest BCUT2D eigenvalue weighted by molar-refractivity contribution is 0.347. The smallest absolute Gasteiger partial charge is 0.240 e. The van der Waals surface area contributed by atoms with Crippen molar-refractivity contribution < 1.29 is 17.2 Å². The predicted octanol–water partition coefficient (Wildman–Crippen LogP) is 1.77. The number of benzene rings is 1. The van der Waals surface area contributed by atoms with Crippen LogP contribution in [0.15, 0.2) is 23.1 Å². The molecular weight excluding hydrogens is 286 g/mol. The zero-order chi connectivity index (χ0) is 14.8. The number of sulfonamides is 1. The summed E-state index contributed by atoms with van der Waals surface area (Å²) in [6, 6.07) is 2.31. The highest BCUT2D eigenvalue weighted by Crippen LogP contribution is 2.16. The summed E-state index contributed by atoms with van der Waals surface area (Å²) in [4.78, 5) is -0.265. The van der Waals surface area contributed by atoms with Gasteiger partial charge in [-0.05, 0) is 44.5 Å². The zero-order valence-corrected chi connectivity index (χ0v) is 12.0. The summed E-state index contributed by atoms with van der Waals surface area (Å²) in [5, 5.41) is 3.25. The maximum atomic E-state index is 13.1. The quantitative estimate of drug-likeness (QED) is 0.891. The van der Waals surface area contributed by atoms with E-state index in [1.807, 2.05) is 0 Å². The van der Waals surface area contributed by atoms with E-state index in [-0.39, 0.29) is 17.0 Å². The average molecular weight is 304 g/mol. The highest BCUT2D eigenvalue weighted by atomic mass is 32.2. The van der Waals surface area contributed by atoms with Crippen LogP contribution in [-0.2, 0) is 10.0 Å². The lowest BCUT2D eigenvalue weighted by Gasteiger charge is -2.29. The second-order valence-corrected chi connectivity index (χ2v) is 6.76. The van der Waals surface area contributed by atoms with E-state index in [0.717, 1.165) is 37.9 Å². The molecule has 112 valence electrons. The van der Waals surface area contributed by atoms with Crippen LogP contribution < -0.4 is 10.0 Å². The number of nitrogens with one attached hydrogen (secondary N) is 2. The number of hydrogen-bond acceptors (Lipinski definition) is 3. The first kappa shape index (κ1) is 15.3. The lowest BCUT2D eigenvalue weighted by atomic mass is 10.00. The number of halogens is 2. The number of hydrogen-bond donors (Lipinski definition) is 2. The zero-order valence-electron chi connectivity index (χ0n) is 11.2. The van der Waals surface area contributed by atoms with Gasteiger partial charge in [0.15, 0.2) is 11.6 Å². The lowest BCUT2D eigenvalue weighted by Crippen LogP contribution is -2.50. The third kappa shape index (κ3) is 3.53. The van der Waals surface area contributed by atoms with E-state index in [9.17, 15) is 17.2 Å². The van der Waals surface area contributed by atoms with Crippen molar-refractivity contribution in [3.63, 3.8) is 0 Å². The normalized spacial score (nSPS) is 21.6. The summed E-state index contributed by atoms with van der Waals surface area (Å²) in [6.45, 7) is 2.63. The molecule has 2 rings (SSSR count). The van der Waals surface area contributed by atoms with Gasteiger partial charge in [-0.2, -0.15) is 0 Å². The fourth-order valence-corrected chi connectivity index (χ4v) is 3.64. The van der Waals surface area contributed by atoms with Crippen molar-refractivity contribution >= 4 is 10.0 Å². The molecule has 2 unspecified atom stereocenters. The van der Waals surface area contributed by atoms with Gasteiger partial charge in [0, 0.05) is 12.1 Å². The fourth-order valence-electron chi connectivity index (χ4n) is 2.34. The molecule has 2 N–H and O–H groups in total. The topological polar surface area (TPSA) is 58.2 Å². The van der Waals surface area contributed by atoms with Crippen LogP contribution in [0, 0.1) is 11.6 Å². The molecule has 20 heavy (non-hydrogen) atoms. The van der Waals surface area contributed by atoms with Gasteiger partial charge in [0.25, 0.3) is 0 Å². The van der Waals surface area contributed by atoms with Gasteiger partial charge in [0.05, 0.1) is 4.90 Å². The third-order valence-corrected chi connectivity index (χ3v) is 5.05. The molecule has 1 aliphatic heterocycles. The summed E-state index contributed by atoms with van der Waals surface area (Å²) < 4.78 is 52.7. The molecule has 1 aliphatic rings. The van der Waals surface area contributed by atoms with Crippen LogP contribution >= 0.6 is 0 Å². The fraction of sp³-hybridized carbons (Fsp3) is 0.538. The van der Waals surface area contributed by atoms with Gasteiger partial charge in [-0.3, -0.25) is 0 Å². The van der Waals surface area contributed by atoms with E-state index in [2.05, 4.69) is 10.0 Å². The monoisotopic (exact) mass is 304 g/mol. The molecule has 0 bridgehead atoms. The van der Waals surface area contributed by atoms with E-state index in [1.54, 1.807) is 6.92 Å². The average Bonchev–Trinajstić information content (AvgIpc) is 2.42. The summed E-state index contributed by atoms with van der Waals surface area (Å²) in [7, 11) is -3.84. The minimum Gasteiger partial charge on any atom is -0.312 e. The van der Waals surface area contributed by atoms with Gasteiger partial charge in [-0.1, -0.05) is 6.42 Å². The van der Waals surface area contributed by atoms with Gasteiger partial charge < -0.3 is 5.32 Å². The Labute approximate surface area is 117 Å². The van der Waals surface area contributed by atoms with Crippen molar-refractivity contribution in [3.8, 4) is 0 Å². The molecule has 2 atom stereocenters. The molecule has 1 aromatic rings. The Balaban J connectivity index is 2.11. The molecule has 0 radical (unpaired) electrons. The first-order valence-electron chi connectivity index (χ1n) is 6.61. The van der Waals surface area contributed by atoms with E-state index >= 15 is 0 Å².